The van der Waals surface area contributed by atoms with E-state index in [0.29, 0.717) is 33.9 Å². The minimum atomic E-state index is -0.614. The van der Waals surface area contributed by atoms with Crippen molar-refractivity contribution in [1.29, 1.82) is 0 Å². The summed E-state index contributed by atoms with van der Waals surface area (Å²) in [6, 6.07) is 18.5. The highest BCUT2D eigenvalue weighted by Crippen LogP contribution is 2.27. The van der Waals surface area contributed by atoms with Crippen LogP contribution in [0.4, 0.5) is 0 Å². The topological polar surface area (TPSA) is 61.8 Å². The lowest BCUT2D eigenvalue weighted by Gasteiger charge is -2.07. The summed E-state index contributed by atoms with van der Waals surface area (Å²) in [5, 5.41) is 0. The van der Waals surface area contributed by atoms with Gasteiger partial charge in [0.1, 0.15) is 5.75 Å². The third kappa shape index (κ3) is 4.50. The Kier molecular flexibility index (Phi) is 6.51. The molecule has 0 atom stereocenters. The van der Waals surface area contributed by atoms with Crippen molar-refractivity contribution >= 4 is 11.6 Å². The Bertz CT molecular complexity index is 1130. The molecule has 0 amide bonds. The van der Waals surface area contributed by atoms with Gasteiger partial charge in [-0.3, -0.25) is 9.59 Å². The molecule has 0 saturated heterocycles. The normalized spacial score (nSPS) is 9.83. The quantitative estimate of drug-likeness (QED) is 0.353. The average Bonchev–Trinajstić information content (AvgIpc) is 2.81. The monoisotopic (exact) mass is 400 g/mol. The minimum absolute atomic E-state index is 0.256. The van der Waals surface area contributed by atoms with Gasteiger partial charge in [0.25, 0.3) is 0 Å². The van der Waals surface area contributed by atoms with E-state index in [1.807, 2.05) is 0 Å². The van der Waals surface area contributed by atoms with Crippen LogP contribution in [0, 0.1) is 11.8 Å². The lowest BCUT2D eigenvalue weighted by atomic mass is 9.97. The summed E-state index contributed by atoms with van der Waals surface area (Å²) in [6.45, 7) is 0. The van der Waals surface area contributed by atoms with Gasteiger partial charge in [-0.1, -0.05) is 24.0 Å². The molecule has 5 nitrogen and oxygen atoms in total. The molecule has 0 radical (unpaired) electrons. The third-order valence-corrected chi connectivity index (χ3v) is 4.46. The van der Waals surface area contributed by atoms with Gasteiger partial charge < -0.3 is 14.2 Å². The van der Waals surface area contributed by atoms with E-state index in [0.717, 1.165) is 0 Å². The smallest absolute Gasteiger partial charge is 0.234 e. The number of carbonyl (C=O) groups excluding carboxylic acids is 2. The first-order chi connectivity index (χ1) is 14.6. The van der Waals surface area contributed by atoms with Crippen LogP contribution < -0.4 is 14.2 Å². The van der Waals surface area contributed by atoms with E-state index in [1.165, 1.54) is 7.11 Å². The van der Waals surface area contributed by atoms with Gasteiger partial charge in [-0.25, -0.2) is 0 Å². The molecule has 0 aliphatic carbocycles. The highest BCUT2D eigenvalue weighted by Gasteiger charge is 2.20. The number of benzene rings is 3. The van der Waals surface area contributed by atoms with Crippen LogP contribution in [0.15, 0.2) is 66.7 Å². The van der Waals surface area contributed by atoms with Crippen LogP contribution in [-0.4, -0.2) is 32.9 Å². The molecular weight excluding hydrogens is 380 g/mol. The summed E-state index contributed by atoms with van der Waals surface area (Å²) >= 11 is 0. The number of carbonyl (C=O) groups is 2. The molecule has 3 aromatic carbocycles. The first kappa shape index (κ1) is 20.7. The van der Waals surface area contributed by atoms with Crippen LogP contribution in [-0.2, 0) is 0 Å². The van der Waals surface area contributed by atoms with Crippen molar-refractivity contribution in [2.24, 2.45) is 0 Å². The van der Waals surface area contributed by atoms with Crippen molar-refractivity contribution in [2.45, 2.75) is 0 Å². The molecule has 3 rings (SSSR count). The molecule has 0 saturated carbocycles. The Labute approximate surface area is 175 Å². The summed E-state index contributed by atoms with van der Waals surface area (Å²) in [4.78, 5) is 25.5. The van der Waals surface area contributed by atoms with Crippen LogP contribution >= 0.6 is 0 Å². The molecule has 30 heavy (non-hydrogen) atoms. The second-order valence-corrected chi connectivity index (χ2v) is 6.25. The predicted octanol–water partition coefficient (Wildman–Crippen LogP) is 4.18. The van der Waals surface area contributed by atoms with Crippen LogP contribution in [0.1, 0.15) is 31.8 Å². The molecule has 5 heteroatoms. The zero-order valence-electron chi connectivity index (χ0n) is 16.9. The Morgan fingerprint density at radius 2 is 1.40 bits per heavy atom. The SMILES string of the molecule is COc1ccc(C(=O)C(=O)c2ccccc2C#Cc2ccc(OC)c(OC)c2)cc1. The fourth-order valence-electron chi connectivity index (χ4n) is 2.84. The summed E-state index contributed by atoms with van der Waals surface area (Å²) in [6.07, 6.45) is 0. The molecule has 0 fully saturated rings. The highest BCUT2D eigenvalue weighted by atomic mass is 16.5. The maximum Gasteiger partial charge on any atom is 0.234 e. The maximum atomic E-state index is 12.8. The second kappa shape index (κ2) is 9.44. The van der Waals surface area contributed by atoms with Gasteiger partial charge in [0.05, 0.1) is 21.3 Å². The van der Waals surface area contributed by atoms with Crippen molar-refractivity contribution in [2.75, 3.05) is 21.3 Å². The number of rotatable bonds is 6. The van der Waals surface area contributed by atoms with Crippen LogP contribution in [0.25, 0.3) is 0 Å². The van der Waals surface area contributed by atoms with Crippen molar-refractivity contribution in [3.05, 3.63) is 89.0 Å². The molecule has 0 N–H and O–H groups in total. The third-order valence-electron chi connectivity index (χ3n) is 4.46. The molecule has 3 aromatic rings. The van der Waals surface area contributed by atoms with E-state index in [4.69, 9.17) is 14.2 Å². The lowest BCUT2D eigenvalue weighted by Crippen LogP contribution is -2.15. The van der Waals surface area contributed by atoms with Crippen molar-refractivity contribution in [3.63, 3.8) is 0 Å². The molecule has 0 aromatic heterocycles. The Morgan fingerprint density at radius 3 is 2.07 bits per heavy atom. The van der Waals surface area contributed by atoms with Crippen molar-refractivity contribution < 1.29 is 23.8 Å². The van der Waals surface area contributed by atoms with Crippen LogP contribution in [0.5, 0.6) is 17.2 Å². The van der Waals surface area contributed by atoms with E-state index in [-0.39, 0.29) is 5.56 Å². The van der Waals surface area contributed by atoms with Gasteiger partial charge >= 0.3 is 0 Å². The fourth-order valence-corrected chi connectivity index (χ4v) is 2.84. The maximum absolute atomic E-state index is 12.8. The molecular formula is C25H20O5. The first-order valence-electron chi connectivity index (χ1n) is 9.13. The standard InChI is InChI=1S/C25H20O5/c1-28-20-13-11-19(12-14-20)24(26)25(27)21-7-5-4-6-18(21)10-8-17-9-15-22(29-2)23(16-17)30-3/h4-7,9,11-16H,1-3H3. The Balaban J connectivity index is 1.90. The first-order valence-corrected chi connectivity index (χ1v) is 9.13. The number of Topliss-reactive ketones (excluding diaryl/α,β-unsaturated/α-hetero) is 2. The van der Waals surface area contributed by atoms with Gasteiger partial charge in [0.15, 0.2) is 11.5 Å². The van der Waals surface area contributed by atoms with Crippen LogP contribution in [0.2, 0.25) is 0 Å². The molecule has 150 valence electrons. The molecule has 0 heterocycles. The number of ketones is 2. The van der Waals surface area contributed by atoms with Crippen LogP contribution in [0.3, 0.4) is 0 Å². The zero-order valence-corrected chi connectivity index (χ0v) is 16.9. The molecule has 0 aliphatic rings. The number of methoxy groups -OCH3 is 3. The second-order valence-electron chi connectivity index (χ2n) is 6.25. The summed E-state index contributed by atoms with van der Waals surface area (Å²) in [5.41, 5.74) is 1.71. The van der Waals surface area contributed by atoms with Gasteiger partial charge in [-0.15, -0.1) is 0 Å². The van der Waals surface area contributed by atoms with E-state index in [9.17, 15) is 9.59 Å². The van der Waals surface area contributed by atoms with Gasteiger partial charge in [0, 0.05) is 22.3 Å². The van der Waals surface area contributed by atoms with Crippen molar-refractivity contribution in [1.82, 2.24) is 0 Å². The number of hydrogen-bond donors (Lipinski definition) is 0. The predicted molar refractivity (Wildman–Crippen MR) is 114 cm³/mol. The molecule has 0 aliphatic heterocycles. The molecule has 0 bridgehead atoms. The number of ether oxygens (including phenoxy) is 3. The number of hydrogen-bond acceptors (Lipinski definition) is 5. The Hall–Kier alpha value is -4.04. The van der Waals surface area contributed by atoms with E-state index < -0.39 is 11.6 Å². The van der Waals surface area contributed by atoms with E-state index in [2.05, 4.69) is 11.8 Å². The van der Waals surface area contributed by atoms with E-state index >= 15 is 0 Å². The molecule has 0 unspecified atom stereocenters. The van der Waals surface area contributed by atoms with Crippen molar-refractivity contribution in [3.8, 4) is 29.1 Å². The van der Waals surface area contributed by atoms with Gasteiger partial charge in [0.2, 0.25) is 11.6 Å². The average molecular weight is 400 g/mol. The van der Waals surface area contributed by atoms with Gasteiger partial charge in [-0.05, 0) is 54.6 Å². The zero-order chi connectivity index (χ0) is 21.5. The van der Waals surface area contributed by atoms with Gasteiger partial charge in [-0.2, -0.15) is 0 Å². The fraction of sp³-hybridized carbons (Fsp3) is 0.120. The minimum Gasteiger partial charge on any atom is -0.497 e. The largest absolute Gasteiger partial charge is 0.497 e. The summed E-state index contributed by atoms with van der Waals surface area (Å²) in [5.74, 6) is 6.55. The highest BCUT2D eigenvalue weighted by molar-refractivity contribution is 6.49. The van der Waals surface area contributed by atoms with E-state index in [1.54, 1.807) is 80.9 Å². The molecule has 0 spiro atoms. The Morgan fingerprint density at radius 1 is 0.700 bits per heavy atom. The lowest BCUT2D eigenvalue weighted by molar-refractivity contribution is 0.0816. The summed E-state index contributed by atoms with van der Waals surface area (Å²) in [7, 11) is 4.65. The summed E-state index contributed by atoms with van der Waals surface area (Å²) < 4.78 is 15.6.